The van der Waals surface area contributed by atoms with Gasteiger partial charge in [0.05, 0.1) is 11.3 Å². The van der Waals surface area contributed by atoms with Gasteiger partial charge in [0.25, 0.3) is 0 Å². The summed E-state index contributed by atoms with van der Waals surface area (Å²) in [5.41, 5.74) is 0.304. The summed E-state index contributed by atoms with van der Waals surface area (Å²) in [7, 11) is 0. The summed E-state index contributed by atoms with van der Waals surface area (Å²) in [5, 5.41) is 13.6. The van der Waals surface area contributed by atoms with Gasteiger partial charge in [0.15, 0.2) is 0 Å². The van der Waals surface area contributed by atoms with Gasteiger partial charge in [-0.1, -0.05) is 22.0 Å². The third-order valence-electron chi connectivity index (χ3n) is 2.41. The van der Waals surface area contributed by atoms with Gasteiger partial charge in [-0.3, -0.25) is 4.79 Å². The molecule has 0 saturated heterocycles. The number of amides is 1. The number of anilines is 1. The molecule has 0 aliphatic rings. The molecule has 0 aliphatic carbocycles. The Hall–Kier alpha value is -1.92. The number of carboxylic acid groups (broad SMARTS) is 1. The highest BCUT2D eigenvalue weighted by molar-refractivity contribution is 9.10. The molecule has 1 amide bonds. The second-order valence-electron chi connectivity index (χ2n) is 3.83. The Balaban J connectivity index is 2.13. The lowest BCUT2D eigenvalue weighted by Gasteiger charge is -2.06. The van der Waals surface area contributed by atoms with Crippen LogP contribution in [0.5, 0.6) is 0 Å². The van der Waals surface area contributed by atoms with Crippen LogP contribution in [0.2, 0.25) is 0 Å². The molecule has 6 heteroatoms. The molecule has 0 atom stereocenters. The highest BCUT2D eigenvalue weighted by Gasteiger charge is 2.11. The van der Waals surface area contributed by atoms with E-state index in [9.17, 15) is 9.59 Å². The largest absolute Gasteiger partial charge is 0.478 e. The van der Waals surface area contributed by atoms with Crippen LogP contribution in [0.1, 0.15) is 15.2 Å². The van der Waals surface area contributed by atoms with E-state index in [-0.39, 0.29) is 17.2 Å². The fourth-order valence-electron chi connectivity index (χ4n) is 1.52. The van der Waals surface area contributed by atoms with Crippen LogP contribution in [0.15, 0.2) is 46.3 Å². The third kappa shape index (κ3) is 3.79. The van der Waals surface area contributed by atoms with E-state index >= 15 is 0 Å². The second kappa shape index (κ2) is 6.49. The van der Waals surface area contributed by atoms with Crippen molar-refractivity contribution < 1.29 is 14.7 Å². The van der Waals surface area contributed by atoms with Crippen molar-refractivity contribution in [3.8, 4) is 0 Å². The molecule has 0 bridgehead atoms. The van der Waals surface area contributed by atoms with E-state index in [1.54, 1.807) is 18.2 Å². The summed E-state index contributed by atoms with van der Waals surface area (Å²) >= 11 is 4.71. The van der Waals surface area contributed by atoms with Gasteiger partial charge in [0, 0.05) is 15.4 Å². The minimum atomic E-state index is -1.09. The Morgan fingerprint density at radius 3 is 2.75 bits per heavy atom. The first kappa shape index (κ1) is 14.5. The van der Waals surface area contributed by atoms with Crippen molar-refractivity contribution in [1.82, 2.24) is 0 Å². The molecule has 0 aliphatic heterocycles. The highest BCUT2D eigenvalue weighted by atomic mass is 79.9. The van der Waals surface area contributed by atoms with Crippen LogP contribution in [-0.4, -0.2) is 17.0 Å². The van der Waals surface area contributed by atoms with Gasteiger partial charge in [-0.15, -0.1) is 11.3 Å². The molecule has 2 rings (SSSR count). The topological polar surface area (TPSA) is 66.4 Å². The number of rotatable bonds is 4. The number of carbonyl (C=O) groups excluding carboxylic acids is 1. The summed E-state index contributed by atoms with van der Waals surface area (Å²) in [6, 6.07) is 8.44. The van der Waals surface area contributed by atoms with Crippen molar-refractivity contribution >= 4 is 50.9 Å². The summed E-state index contributed by atoms with van der Waals surface area (Å²) < 4.78 is 0.641. The van der Waals surface area contributed by atoms with Gasteiger partial charge in [0.1, 0.15) is 0 Å². The summed E-state index contributed by atoms with van der Waals surface area (Å²) in [6.45, 7) is 0. The summed E-state index contributed by atoms with van der Waals surface area (Å²) in [6.07, 6.45) is 3.05. The third-order valence-corrected chi connectivity index (χ3v) is 3.74. The molecule has 2 aromatic rings. The first-order valence-electron chi connectivity index (χ1n) is 5.61. The number of aromatic carboxylic acids is 1. The zero-order chi connectivity index (χ0) is 14.5. The number of carbonyl (C=O) groups is 2. The molecule has 0 spiro atoms. The normalized spacial score (nSPS) is 10.7. The van der Waals surface area contributed by atoms with Gasteiger partial charge in [-0.25, -0.2) is 4.79 Å². The van der Waals surface area contributed by atoms with Gasteiger partial charge in [-0.2, -0.15) is 0 Å². The maximum Gasteiger partial charge on any atom is 0.337 e. The van der Waals surface area contributed by atoms with Crippen molar-refractivity contribution in [2.45, 2.75) is 0 Å². The quantitative estimate of drug-likeness (QED) is 0.821. The monoisotopic (exact) mass is 351 g/mol. The number of carboxylic acids is 1. The van der Waals surface area contributed by atoms with E-state index in [4.69, 9.17) is 5.11 Å². The Morgan fingerprint density at radius 1 is 1.30 bits per heavy atom. The van der Waals surface area contributed by atoms with E-state index in [1.165, 1.54) is 23.5 Å². The standard InChI is InChI=1S/C14H10BrNO3S/c15-9-3-5-12(11(8-9)14(18)19)16-13(17)6-4-10-2-1-7-20-10/h1-8H,(H,16,17)(H,18,19)/b6-4+. The predicted octanol–water partition coefficient (Wildman–Crippen LogP) is 3.86. The number of hydrogen-bond donors (Lipinski definition) is 2. The van der Waals surface area contributed by atoms with Crippen LogP contribution in [0.4, 0.5) is 5.69 Å². The van der Waals surface area contributed by atoms with E-state index in [0.717, 1.165) is 4.88 Å². The second-order valence-corrected chi connectivity index (χ2v) is 5.73. The number of halogens is 1. The fraction of sp³-hybridized carbons (Fsp3) is 0. The molecule has 0 fully saturated rings. The smallest absolute Gasteiger partial charge is 0.337 e. The zero-order valence-electron chi connectivity index (χ0n) is 10.2. The molecule has 0 radical (unpaired) electrons. The lowest BCUT2D eigenvalue weighted by Crippen LogP contribution is -2.11. The van der Waals surface area contributed by atoms with Crippen molar-refractivity contribution in [3.05, 3.63) is 56.7 Å². The lowest BCUT2D eigenvalue weighted by atomic mass is 10.2. The molecule has 1 aromatic carbocycles. The molecule has 4 nitrogen and oxygen atoms in total. The predicted molar refractivity (Wildman–Crippen MR) is 83.1 cm³/mol. The van der Waals surface area contributed by atoms with Crippen molar-refractivity contribution in [3.63, 3.8) is 0 Å². The van der Waals surface area contributed by atoms with Crippen LogP contribution >= 0.6 is 27.3 Å². The molecule has 102 valence electrons. The fourth-order valence-corrected chi connectivity index (χ4v) is 2.50. The number of hydrogen-bond acceptors (Lipinski definition) is 3. The van der Waals surface area contributed by atoms with Crippen molar-refractivity contribution in [1.29, 1.82) is 0 Å². The van der Waals surface area contributed by atoms with Crippen LogP contribution in [0.3, 0.4) is 0 Å². The SMILES string of the molecule is O=C(/C=C/c1cccs1)Nc1ccc(Br)cc1C(=O)O. The highest BCUT2D eigenvalue weighted by Crippen LogP contribution is 2.21. The molecule has 0 unspecified atom stereocenters. The van der Waals surface area contributed by atoms with Gasteiger partial charge in [-0.05, 0) is 35.7 Å². The van der Waals surface area contributed by atoms with Crippen molar-refractivity contribution in [2.24, 2.45) is 0 Å². The van der Waals surface area contributed by atoms with Crippen LogP contribution in [0, 0.1) is 0 Å². The number of benzene rings is 1. The first-order valence-corrected chi connectivity index (χ1v) is 7.29. The summed E-state index contributed by atoms with van der Waals surface area (Å²) in [5.74, 6) is -1.47. The van der Waals surface area contributed by atoms with Crippen LogP contribution < -0.4 is 5.32 Å². The molecule has 1 aromatic heterocycles. The Bertz CT molecular complexity index is 665. The molecular formula is C14H10BrNO3S. The van der Waals surface area contributed by atoms with Gasteiger partial charge in [0.2, 0.25) is 5.91 Å². The Kier molecular flexibility index (Phi) is 4.70. The van der Waals surface area contributed by atoms with E-state index in [0.29, 0.717) is 4.47 Å². The van der Waals surface area contributed by atoms with E-state index in [1.807, 2.05) is 17.5 Å². The minimum Gasteiger partial charge on any atom is -0.478 e. The molecule has 20 heavy (non-hydrogen) atoms. The summed E-state index contributed by atoms with van der Waals surface area (Å²) in [4.78, 5) is 23.8. The minimum absolute atomic E-state index is 0.0391. The van der Waals surface area contributed by atoms with E-state index < -0.39 is 5.97 Å². The number of nitrogens with one attached hydrogen (secondary N) is 1. The van der Waals surface area contributed by atoms with E-state index in [2.05, 4.69) is 21.2 Å². The Morgan fingerprint density at radius 2 is 2.10 bits per heavy atom. The van der Waals surface area contributed by atoms with Crippen LogP contribution in [-0.2, 0) is 4.79 Å². The molecule has 2 N–H and O–H groups in total. The average molecular weight is 352 g/mol. The first-order chi connectivity index (χ1) is 9.56. The average Bonchev–Trinajstić information content (AvgIpc) is 2.91. The maximum atomic E-state index is 11.8. The number of thiophene rings is 1. The lowest BCUT2D eigenvalue weighted by molar-refractivity contribution is -0.111. The Labute approximate surface area is 127 Å². The van der Waals surface area contributed by atoms with Crippen molar-refractivity contribution in [2.75, 3.05) is 5.32 Å². The van der Waals surface area contributed by atoms with Gasteiger partial charge < -0.3 is 10.4 Å². The molecule has 0 saturated carbocycles. The van der Waals surface area contributed by atoms with Gasteiger partial charge >= 0.3 is 5.97 Å². The zero-order valence-corrected chi connectivity index (χ0v) is 12.6. The molecular weight excluding hydrogens is 342 g/mol. The van der Waals surface area contributed by atoms with Crippen LogP contribution in [0.25, 0.3) is 6.08 Å². The maximum absolute atomic E-state index is 11.8. The molecule has 1 heterocycles.